The van der Waals surface area contributed by atoms with Crippen LogP contribution in [0.3, 0.4) is 0 Å². The van der Waals surface area contributed by atoms with Gasteiger partial charge in [0.05, 0.1) is 11.5 Å². The van der Waals surface area contributed by atoms with Crippen LogP contribution in [0.5, 0.6) is 0 Å². The summed E-state index contributed by atoms with van der Waals surface area (Å²) in [5.41, 5.74) is -2.12. The molecule has 2 rings (SSSR count). The third-order valence-electron chi connectivity index (χ3n) is 6.24. The van der Waals surface area contributed by atoms with E-state index in [1.165, 1.54) is 5.06 Å². The number of nitrogens with one attached hydrogen (secondary N) is 2. The molecule has 1 aliphatic carbocycles. The SMILES string of the molecule is CC(C)C[C@@H](/C=C/C1(C(=O)NC2CC(C)(C)N([O-])C(C)(C)C2)CC1)NC(=O)OC(C)(C)C. The molecule has 184 valence electrons. The number of hydrogen-bond acceptors (Lipinski definition) is 5. The number of piperidine rings is 1. The van der Waals surface area contributed by atoms with Crippen molar-refractivity contribution in [1.82, 2.24) is 15.7 Å². The molecule has 32 heavy (non-hydrogen) atoms. The molecule has 1 aliphatic heterocycles. The molecular formula is C25H44N3O4-. The summed E-state index contributed by atoms with van der Waals surface area (Å²) >= 11 is 0. The molecule has 2 amide bonds. The second-order valence-corrected chi connectivity index (χ2v) is 12.4. The highest BCUT2D eigenvalue weighted by atomic mass is 16.6. The van der Waals surface area contributed by atoms with E-state index in [2.05, 4.69) is 24.5 Å². The minimum atomic E-state index is -0.561. The van der Waals surface area contributed by atoms with Gasteiger partial charge in [-0.05, 0) is 86.5 Å². The lowest BCUT2D eigenvalue weighted by Crippen LogP contribution is -2.62. The van der Waals surface area contributed by atoms with Crippen LogP contribution in [0.15, 0.2) is 12.2 Å². The zero-order valence-corrected chi connectivity index (χ0v) is 21.5. The number of alkyl carbamates (subject to hydrolysis) is 1. The van der Waals surface area contributed by atoms with Crippen LogP contribution in [0.25, 0.3) is 0 Å². The Morgan fingerprint density at radius 2 is 1.66 bits per heavy atom. The number of carbonyl (C=O) groups is 2. The summed E-state index contributed by atoms with van der Waals surface area (Å²) in [5, 5.41) is 19.9. The third kappa shape index (κ3) is 7.20. The van der Waals surface area contributed by atoms with Crippen LogP contribution in [0, 0.1) is 16.5 Å². The van der Waals surface area contributed by atoms with Gasteiger partial charge in [-0.25, -0.2) is 4.79 Å². The van der Waals surface area contributed by atoms with E-state index < -0.39 is 28.2 Å². The number of carbonyl (C=O) groups excluding carboxylic acids is 2. The van der Waals surface area contributed by atoms with Crippen LogP contribution in [-0.4, -0.2) is 45.8 Å². The molecule has 1 atom stereocenters. The second kappa shape index (κ2) is 9.34. The summed E-state index contributed by atoms with van der Waals surface area (Å²) in [5.74, 6) is 0.399. The van der Waals surface area contributed by atoms with Gasteiger partial charge in [0.2, 0.25) is 5.91 Å². The van der Waals surface area contributed by atoms with E-state index >= 15 is 0 Å². The van der Waals surface area contributed by atoms with E-state index in [1.807, 2.05) is 60.6 Å². The first-order chi connectivity index (χ1) is 14.5. The van der Waals surface area contributed by atoms with Crippen molar-refractivity contribution >= 4 is 12.0 Å². The van der Waals surface area contributed by atoms with Gasteiger partial charge in [0.1, 0.15) is 5.60 Å². The molecule has 0 aromatic carbocycles. The summed E-state index contributed by atoms with van der Waals surface area (Å²) in [6, 6.07) is -0.230. The topological polar surface area (TPSA) is 93.7 Å². The van der Waals surface area contributed by atoms with Gasteiger partial charge >= 0.3 is 6.09 Å². The summed E-state index contributed by atoms with van der Waals surface area (Å²) in [6.07, 6.45) is 7.07. The maximum atomic E-state index is 13.2. The summed E-state index contributed by atoms with van der Waals surface area (Å²) < 4.78 is 5.40. The second-order valence-electron chi connectivity index (χ2n) is 12.4. The van der Waals surface area contributed by atoms with Gasteiger partial charge in [-0.15, -0.1) is 0 Å². The molecule has 7 nitrogen and oxygen atoms in total. The minimum Gasteiger partial charge on any atom is -0.784 e. The Labute approximate surface area is 194 Å². The maximum absolute atomic E-state index is 13.2. The van der Waals surface area contributed by atoms with Crippen LogP contribution in [-0.2, 0) is 9.53 Å². The van der Waals surface area contributed by atoms with Crippen LogP contribution in [0.1, 0.15) is 94.4 Å². The molecule has 0 spiro atoms. The maximum Gasteiger partial charge on any atom is 0.408 e. The molecule has 0 radical (unpaired) electrons. The average molecular weight is 451 g/mol. The summed E-state index contributed by atoms with van der Waals surface area (Å²) in [6.45, 7) is 17.5. The molecule has 0 aromatic heterocycles. The molecule has 7 heteroatoms. The molecule has 2 N–H and O–H groups in total. The number of ether oxygens (including phenoxy) is 1. The van der Waals surface area contributed by atoms with Crippen molar-refractivity contribution in [2.45, 2.75) is 123 Å². The van der Waals surface area contributed by atoms with Gasteiger partial charge in [0.15, 0.2) is 0 Å². The van der Waals surface area contributed by atoms with Crippen molar-refractivity contribution in [2.24, 2.45) is 11.3 Å². The number of hydrogen-bond donors (Lipinski definition) is 2. The lowest BCUT2D eigenvalue weighted by atomic mass is 9.78. The summed E-state index contributed by atoms with van der Waals surface area (Å²) in [4.78, 5) is 25.4. The van der Waals surface area contributed by atoms with E-state index in [0.29, 0.717) is 18.8 Å². The fourth-order valence-electron chi connectivity index (χ4n) is 4.75. The van der Waals surface area contributed by atoms with Crippen LogP contribution in [0.2, 0.25) is 0 Å². The lowest BCUT2D eigenvalue weighted by molar-refractivity contribution is -0.126. The van der Waals surface area contributed by atoms with E-state index in [-0.39, 0.29) is 18.0 Å². The quantitative estimate of drug-likeness (QED) is 0.538. The molecule has 1 heterocycles. The van der Waals surface area contributed by atoms with Gasteiger partial charge < -0.3 is 25.6 Å². The van der Waals surface area contributed by atoms with E-state index in [0.717, 1.165) is 19.3 Å². The molecule has 0 aromatic rings. The zero-order chi connectivity index (χ0) is 24.5. The predicted octanol–water partition coefficient (Wildman–Crippen LogP) is 4.90. The Morgan fingerprint density at radius 1 is 1.12 bits per heavy atom. The van der Waals surface area contributed by atoms with Crippen molar-refractivity contribution in [3.8, 4) is 0 Å². The molecule has 0 unspecified atom stereocenters. The van der Waals surface area contributed by atoms with Gasteiger partial charge in [0.25, 0.3) is 0 Å². The van der Waals surface area contributed by atoms with Gasteiger partial charge in [-0.1, -0.05) is 26.0 Å². The lowest BCUT2D eigenvalue weighted by Gasteiger charge is -2.60. The first-order valence-corrected chi connectivity index (χ1v) is 11.9. The van der Waals surface area contributed by atoms with E-state index in [9.17, 15) is 14.8 Å². The molecule has 2 fully saturated rings. The highest BCUT2D eigenvalue weighted by Crippen LogP contribution is 2.48. The molecule has 0 bridgehead atoms. The van der Waals surface area contributed by atoms with E-state index in [4.69, 9.17) is 4.74 Å². The average Bonchev–Trinajstić information content (AvgIpc) is 3.36. The highest BCUT2D eigenvalue weighted by molar-refractivity contribution is 5.87. The summed E-state index contributed by atoms with van der Waals surface area (Å²) in [7, 11) is 0. The third-order valence-corrected chi connectivity index (χ3v) is 6.24. The Morgan fingerprint density at radius 3 is 2.09 bits per heavy atom. The van der Waals surface area contributed by atoms with Crippen LogP contribution >= 0.6 is 0 Å². The monoisotopic (exact) mass is 450 g/mol. The van der Waals surface area contributed by atoms with Crippen molar-refractivity contribution in [1.29, 1.82) is 0 Å². The first kappa shape index (κ1) is 26.7. The van der Waals surface area contributed by atoms with Gasteiger partial charge in [0, 0.05) is 17.1 Å². The largest absolute Gasteiger partial charge is 0.784 e. The van der Waals surface area contributed by atoms with Crippen molar-refractivity contribution in [2.75, 3.05) is 0 Å². The fourth-order valence-corrected chi connectivity index (χ4v) is 4.75. The highest BCUT2D eigenvalue weighted by Gasteiger charge is 2.49. The number of rotatable bonds is 7. The molecule has 2 aliphatic rings. The first-order valence-electron chi connectivity index (χ1n) is 11.9. The molecular weight excluding hydrogens is 406 g/mol. The number of amides is 2. The molecule has 1 saturated heterocycles. The van der Waals surface area contributed by atoms with Crippen molar-refractivity contribution in [3.05, 3.63) is 17.4 Å². The smallest absolute Gasteiger partial charge is 0.408 e. The van der Waals surface area contributed by atoms with Gasteiger partial charge in [-0.3, -0.25) is 4.79 Å². The Hall–Kier alpha value is -1.60. The van der Waals surface area contributed by atoms with Gasteiger partial charge in [-0.2, -0.15) is 0 Å². The minimum absolute atomic E-state index is 0.0188. The van der Waals surface area contributed by atoms with E-state index in [1.54, 1.807) is 0 Å². The molecule has 1 saturated carbocycles. The zero-order valence-electron chi connectivity index (χ0n) is 21.5. The number of hydroxylamine groups is 2. The predicted molar refractivity (Wildman–Crippen MR) is 128 cm³/mol. The standard InChI is InChI=1S/C25H44N3O4/c1-17(2)14-18(27-21(30)32-22(3,4)5)10-11-25(12-13-25)20(29)26-19-15-23(6,7)28(31)24(8,9)16-19/h10-11,17-19H,12-16H2,1-9H3,(H,26,29)(H,27,30)/q-1/b11-10+/t18-/m1/s1. The Bertz CT molecular complexity index is 699. The fraction of sp³-hybridized carbons (Fsp3) is 0.840. The Kier molecular flexibility index (Phi) is 7.77. The van der Waals surface area contributed by atoms with Crippen LogP contribution in [0.4, 0.5) is 4.79 Å². The van der Waals surface area contributed by atoms with Crippen molar-refractivity contribution in [3.63, 3.8) is 0 Å². The normalized spacial score (nSPS) is 23.7. The number of nitrogens with zero attached hydrogens (tertiary/aromatic N) is 1. The Balaban J connectivity index is 2.05. The van der Waals surface area contributed by atoms with Crippen molar-refractivity contribution < 1.29 is 14.3 Å². The van der Waals surface area contributed by atoms with Crippen LogP contribution < -0.4 is 10.6 Å².